The fourth-order valence-corrected chi connectivity index (χ4v) is 4.20. The van der Waals surface area contributed by atoms with Crippen molar-refractivity contribution in [3.63, 3.8) is 0 Å². The Bertz CT molecular complexity index is 908. The van der Waals surface area contributed by atoms with Crippen molar-refractivity contribution < 1.29 is 9.59 Å². The van der Waals surface area contributed by atoms with E-state index in [-0.39, 0.29) is 17.9 Å². The number of amides is 2. The van der Waals surface area contributed by atoms with Crippen LogP contribution in [0.2, 0.25) is 0 Å². The molecule has 1 atom stereocenters. The molecule has 29 heavy (non-hydrogen) atoms. The molecule has 4 heterocycles. The van der Waals surface area contributed by atoms with Crippen LogP contribution < -0.4 is 0 Å². The van der Waals surface area contributed by atoms with Crippen LogP contribution in [0.1, 0.15) is 61.3 Å². The maximum atomic E-state index is 13.0. The number of aromatic nitrogens is 4. The topological polar surface area (TPSA) is 84.2 Å². The summed E-state index contributed by atoms with van der Waals surface area (Å²) >= 11 is 0. The van der Waals surface area contributed by atoms with Crippen LogP contribution >= 0.6 is 0 Å². The third-order valence-corrected chi connectivity index (χ3v) is 5.84. The van der Waals surface area contributed by atoms with E-state index in [0.29, 0.717) is 26.1 Å². The molecule has 0 bridgehead atoms. The summed E-state index contributed by atoms with van der Waals surface area (Å²) < 4.78 is 1.82. The summed E-state index contributed by atoms with van der Waals surface area (Å²) in [6, 6.07) is -0.0632. The molecule has 0 aliphatic carbocycles. The average Bonchev–Trinajstić information content (AvgIpc) is 3.16. The first kappa shape index (κ1) is 19.5. The molecule has 154 valence electrons. The second kappa shape index (κ2) is 8.31. The number of carbonyl (C=O) groups excluding carboxylic acids is 2. The number of carbonyl (C=O) groups is 2. The molecule has 0 spiro atoms. The Morgan fingerprint density at radius 1 is 1.21 bits per heavy atom. The van der Waals surface area contributed by atoms with Gasteiger partial charge in [-0.1, -0.05) is 0 Å². The SMILES string of the molecule is CC(=O)N1CCc2nc(C3CCCCN3C(=O)CCn3cc(C)cn3)ncc2C1. The number of rotatable bonds is 4. The Morgan fingerprint density at radius 2 is 2.07 bits per heavy atom. The lowest BCUT2D eigenvalue weighted by atomic mass is 10.00. The summed E-state index contributed by atoms with van der Waals surface area (Å²) in [6.07, 6.45) is 9.76. The third kappa shape index (κ3) is 4.31. The Labute approximate surface area is 170 Å². The van der Waals surface area contributed by atoms with Gasteiger partial charge in [-0.2, -0.15) is 5.10 Å². The lowest BCUT2D eigenvalue weighted by Gasteiger charge is -2.35. The molecule has 1 unspecified atom stereocenters. The van der Waals surface area contributed by atoms with Crippen LogP contribution in [0.3, 0.4) is 0 Å². The summed E-state index contributed by atoms with van der Waals surface area (Å²) in [5.74, 6) is 0.950. The van der Waals surface area contributed by atoms with Crippen molar-refractivity contribution in [3.05, 3.63) is 41.2 Å². The number of piperidine rings is 1. The van der Waals surface area contributed by atoms with Gasteiger partial charge >= 0.3 is 0 Å². The van der Waals surface area contributed by atoms with Gasteiger partial charge in [0.05, 0.1) is 17.9 Å². The highest BCUT2D eigenvalue weighted by molar-refractivity contribution is 5.76. The largest absolute Gasteiger partial charge is 0.338 e. The van der Waals surface area contributed by atoms with Crippen LogP contribution in [0.5, 0.6) is 0 Å². The van der Waals surface area contributed by atoms with E-state index in [4.69, 9.17) is 4.98 Å². The van der Waals surface area contributed by atoms with Crippen molar-refractivity contribution in [2.45, 2.75) is 65.1 Å². The molecule has 0 N–H and O–H groups in total. The molecular formula is C21H28N6O2. The van der Waals surface area contributed by atoms with E-state index in [2.05, 4.69) is 10.1 Å². The summed E-state index contributed by atoms with van der Waals surface area (Å²) in [7, 11) is 0. The van der Waals surface area contributed by atoms with Gasteiger partial charge in [-0.05, 0) is 31.7 Å². The highest BCUT2D eigenvalue weighted by Crippen LogP contribution is 2.30. The quantitative estimate of drug-likeness (QED) is 0.790. The average molecular weight is 396 g/mol. The zero-order valence-electron chi connectivity index (χ0n) is 17.2. The minimum Gasteiger partial charge on any atom is -0.338 e. The second-order valence-corrected chi connectivity index (χ2v) is 8.02. The van der Waals surface area contributed by atoms with Crippen molar-refractivity contribution in [1.82, 2.24) is 29.5 Å². The van der Waals surface area contributed by atoms with Crippen molar-refractivity contribution in [2.24, 2.45) is 0 Å². The van der Waals surface area contributed by atoms with Gasteiger partial charge in [0.1, 0.15) is 0 Å². The highest BCUT2D eigenvalue weighted by Gasteiger charge is 2.31. The normalized spacial score (nSPS) is 19.2. The monoisotopic (exact) mass is 396 g/mol. The third-order valence-electron chi connectivity index (χ3n) is 5.84. The molecule has 8 heteroatoms. The van der Waals surface area contributed by atoms with Gasteiger partial charge in [-0.25, -0.2) is 9.97 Å². The molecule has 4 rings (SSSR count). The Hall–Kier alpha value is -2.77. The molecule has 0 aromatic carbocycles. The van der Waals surface area contributed by atoms with E-state index in [1.54, 1.807) is 6.92 Å². The molecule has 1 saturated heterocycles. The molecular weight excluding hydrogens is 368 g/mol. The van der Waals surface area contributed by atoms with Crippen LogP contribution in [0.25, 0.3) is 0 Å². The minimum absolute atomic E-state index is 0.0632. The van der Waals surface area contributed by atoms with Crippen molar-refractivity contribution in [2.75, 3.05) is 13.1 Å². The first-order valence-corrected chi connectivity index (χ1v) is 10.4. The summed E-state index contributed by atoms with van der Waals surface area (Å²) in [6.45, 7) is 6.18. The predicted molar refractivity (Wildman–Crippen MR) is 107 cm³/mol. The number of aryl methyl sites for hydroxylation is 2. The maximum Gasteiger partial charge on any atom is 0.225 e. The summed E-state index contributed by atoms with van der Waals surface area (Å²) in [4.78, 5) is 37.8. The van der Waals surface area contributed by atoms with Crippen molar-refractivity contribution in [3.8, 4) is 0 Å². The van der Waals surface area contributed by atoms with Crippen molar-refractivity contribution >= 4 is 11.8 Å². The molecule has 2 amide bonds. The fraction of sp³-hybridized carbons (Fsp3) is 0.571. The van der Waals surface area contributed by atoms with Gasteiger partial charge in [0, 0.05) is 63.9 Å². The first-order chi connectivity index (χ1) is 14.0. The van der Waals surface area contributed by atoms with Crippen LogP contribution in [0.4, 0.5) is 0 Å². The Balaban J connectivity index is 1.47. The molecule has 0 radical (unpaired) electrons. The smallest absolute Gasteiger partial charge is 0.225 e. The van der Waals surface area contributed by atoms with Crippen LogP contribution in [0.15, 0.2) is 18.6 Å². The minimum atomic E-state index is -0.0632. The van der Waals surface area contributed by atoms with Gasteiger partial charge in [0.25, 0.3) is 0 Å². The first-order valence-electron chi connectivity index (χ1n) is 10.4. The second-order valence-electron chi connectivity index (χ2n) is 8.02. The Morgan fingerprint density at radius 3 is 2.83 bits per heavy atom. The summed E-state index contributed by atoms with van der Waals surface area (Å²) in [5, 5.41) is 4.27. The van der Waals surface area contributed by atoms with Gasteiger partial charge in [-0.15, -0.1) is 0 Å². The van der Waals surface area contributed by atoms with Crippen LogP contribution in [0, 0.1) is 6.92 Å². The number of likely N-dealkylation sites (tertiary alicyclic amines) is 1. The Kier molecular flexibility index (Phi) is 5.60. The highest BCUT2D eigenvalue weighted by atomic mass is 16.2. The molecule has 8 nitrogen and oxygen atoms in total. The van der Waals surface area contributed by atoms with Gasteiger partial charge in [-0.3, -0.25) is 14.3 Å². The van der Waals surface area contributed by atoms with E-state index in [1.165, 1.54) is 0 Å². The predicted octanol–water partition coefficient (Wildman–Crippen LogP) is 2.03. The van der Waals surface area contributed by atoms with Gasteiger partial charge in [0.2, 0.25) is 11.8 Å². The fourth-order valence-electron chi connectivity index (χ4n) is 4.20. The van der Waals surface area contributed by atoms with E-state index < -0.39 is 0 Å². The standard InChI is InChI=1S/C21H28N6O2/c1-15-11-23-26(13-15)10-7-20(29)27-8-4-3-5-19(27)21-22-12-17-14-25(16(2)28)9-6-18(17)24-21/h11-13,19H,3-10,14H2,1-2H3. The maximum absolute atomic E-state index is 13.0. The lowest BCUT2D eigenvalue weighted by molar-refractivity contribution is -0.135. The van der Waals surface area contributed by atoms with Gasteiger partial charge in [0.15, 0.2) is 5.82 Å². The number of nitrogens with zero attached hydrogens (tertiary/aromatic N) is 6. The molecule has 0 saturated carbocycles. The van der Waals surface area contributed by atoms with Crippen LogP contribution in [-0.4, -0.2) is 54.5 Å². The van der Waals surface area contributed by atoms with E-state index in [1.807, 2.05) is 40.0 Å². The van der Waals surface area contributed by atoms with E-state index in [0.717, 1.165) is 54.9 Å². The van der Waals surface area contributed by atoms with Crippen molar-refractivity contribution in [1.29, 1.82) is 0 Å². The van der Waals surface area contributed by atoms with Gasteiger partial charge < -0.3 is 9.80 Å². The number of fused-ring (bicyclic) bond motifs is 1. The molecule has 2 aliphatic rings. The molecule has 1 fully saturated rings. The lowest BCUT2D eigenvalue weighted by Crippen LogP contribution is -2.40. The zero-order chi connectivity index (χ0) is 20.4. The summed E-state index contributed by atoms with van der Waals surface area (Å²) in [5.41, 5.74) is 3.12. The molecule has 2 aliphatic heterocycles. The van der Waals surface area contributed by atoms with E-state index in [9.17, 15) is 9.59 Å². The van der Waals surface area contributed by atoms with Crippen LogP contribution in [-0.2, 0) is 29.1 Å². The number of hydrogen-bond donors (Lipinski definition) is 0. The van der Waals surface area contributed by atoms with E-state index >= 15 is 0 Å². The molecule has 2 aromatic heterocycles. The number of hydrogen-bond acceptors (Lipinski definition) is 5. The molecule has 2 aromatic rings. The zero-order valence-corrected chi connectivity index (χ0v) is 17.2.